The van der Waals surface area contributed by atoms with Crippen LogP contribution in [0.3, 0.4) is 0 Å². The maximum absolute atomic E-state index is 12.9. The fourth-order valence-electron chi connectivity index (χ4n) is 3.79. The molecular formula is C24H22N6O3S. The number of hydrogen-bond acceptors (Lipinski definition) is 7. The van der Waals surface area contributed by atoms with Gasteiger partial charge in [0.2, 0.25) is 5.91 Å². The van der Waals surface area contributed by atoms with E-state index in [1.54, 1.807) is 34.3 Å². The summed E-state index contributed by atoms with van der Waals surface area (Å²) in [7, 11) is 0. The first-order chi connectivity index (χ1) is 16.7. The number of para-hydroxylation sites is 1. The fourth-order valence-corrected chi connectivity index (χ4v) is 4.65. The Kier molecular flexibility index (Phi) is 6.39. The normalized spacial score (nSPS) is 13.8. The zero-order chi connectivity index (χ0) is 23.3. The van der Waals surface area contributed by atoms with Gasteiger partial charge >= 0.3 is 0 Å². The van der Waals surface area contributed by atoms with Gasteiger partial charge in [0.1, 0.15) is 0 Å². The van der Waals surface area contributed by atoms with Crippen LogP contribution in [0, 0.1) is 0 Å². The molecule has 0 atom stereocenters. The van der Waals surface area contributed by atoms with Gasteiger partial charge in [0.25, 0.3) is 5.91 Å². The molecule has 0 bridgehead atoms. The summed E-state index contributed by atoms with van der Waals surface area (Å²) in [5.41, 5.74) is 1.81. The first-order valence-corrected chi connectivity index (χ1v) is 11.8. The highest BCUT2D eigenvalue weighted by Crippen LogP contribution is 2.28. The van der Waals surface area contributed by atoms with Crippen molar-refractivity contribution in [1.29, 1.82) is 0 Å². The van der Waals surface area contributed by atoms with Gasteiger partial charge in [0, 0.05) is 49.8 Å². The van der Waals surface area contributed by atoms with Gasteiger partial charge < -0.3 is 14.2 Å². The molecule has 2 amide bonds. The second kappa shape index (κ2) is 9.92. The molecule has 4 heterocycles. The molecule has 10 heteroatoms. The second-order valence-corrected chi connectivity index (χ2v) is 8.59. The Labute approximate surface area is 200 Å². The molecule has 0 unspecified atom stereocenters. The molecule has 4 aromatic rings. The Bertz CT molecular complexity index is 1250. The lowest BCUT2D eigenvalue weighted by molar-refractivity contribution is -0.129. The number of thioether (sulfide) groups is 1. The summed E-state index contributed by atoms with van der Waals surface area (Å²) in [6, 6.07) is 16.9. The quantitative estimate of drug-likeness (QED) is 0.396. The lowest BCUT2D eigenvalue weighted by atomic mass is 10.2. The number of amides is 2. The van der Waals surface area contributed by atoms with Gasteiger partial charge in [0.15, 0.2) is 16.7 Å². The number of aromatic nitrogens is 4. The van der Waals surface area contributed by atoms with Crippen molar-refractivity contribution in [3.8, 4) is 17.1 Å². The minimum absolute atomic E-state index is 0.00294. The van der Waals surface area contributed by atoms with Crippen LogP contribution < -0.4 is 0 Å². The van der Waals surface area contributed by atoms with Gasteiger partial charge in [-0.15, -0.1) is 10.2 Å². The number of carbonyl (C=O) groups excluding carboxylic acids is 2. The van der Waals surface area contributed by atoms with Crippen molar-refractivity contribution < 1.29 is 14.0 Å². The van der Waals surface area contributed by atoms with E-state index in [9.17, 15) is 9.59 Å². The lowest BCUT2D eigenvalue weighted by Crippen LogP contribution is -2.51. The van der Waals surface area contributed by atoms with Crippen LogP contribution in [-0.4, -0.2) is 73.3 Å². The van der Waals surface area contributed by atoms with Crippen LogP contribution in [0.2, 0.25) is 0 Å². The van der Waals surface area contributed by atoms with E-state index in [4.69, 9.17) is 4.42 Å². The van der Waals surface area contributed by atoms with E-state index in [1.807, 2.05) is 47.0 Å². The van der Waals surface area contributed by atoms with E-state index in [2.05, 4.69) is 15.2 Å². The molecule has 1 saturated heterocycles. The highest BCUT2D eigenvalue weighted by atomic mass is 32.2. The molecule has 0 saturated carbocycles. The third-order valence-corrected chi connectivity index (χ3v) is 6.48. The molecule has 34 heavy (non-hydrogen) atoms. The lowest BCUT2D eigenvalue weighted by Gasteiger charge is -2.34. The monoisotopic (exact) mass is 474 g/mol. The van der Waals surface area contributed by atoms with Crippen molar-refractivity contribution >= 4 is 23.6 Å². The van der Waals surface area contributed by atoms with Crippen molar-refractivity contribution in [3.05, 3.63) is 79.0 Å². The standard InChI is InChI=1S/C24H22N6O3S/c31-21(28-12-14-29(15-13-28)23(32)20-7-4-16-33-20)17-34-24-27-26-22(18-8-10-25-11-9-18)30(24)19-5-2-1-3-6-19/h1-11,16H,12-15,17H2. The van der Waals surface area contributed by atoms with Crippen molar-refractivity contribution in [2.24, 2.45) is 0 Å². The summed E-state index contributed by atoms with van der Waals surface area (Å²) in [4.78, 5) is 32.9. The van der Waals surface area contributed by atoms with Crippen LogP contribution in [0.5, 0.6) is 0 Å². The van der Waals surface area contributed by atoms with Crippen molar-refractivity contribution in [3.63, 3.8) is 0 Å². The molecule has 172 valence electrons. The zero-order valence-electron chi connectivity index (χ0n) is 18.3. The number of nitrogens with zero attached hydrogens (tertiary/aromatic N) is 6. The van der Waals surface area contributed by atoms with Crippen LogP contribution in [0.15, 0.2) is 82.8 Å². The molecule has 1 fully saturated rings. The van der Waals surface area contributed by atoms with Crippen LogP contribution in [0.1, 0.15) is 10.6 Å². The predicted octanol–water partition coefficient (Wildman–Crippen LogP) is 3.00. The van der Waals surface area contributed by atoms with E-state index in [0.717, 1.165) is 11.3 Å². The van der Waals surface area contributed by atoms with Gasteiger partial charge in [0.05, 0.1) is 12.0 Å². The van der Waals surface area contributed by atoms with E-state index < -0.39 is 0 Å². The number of pyridine rings is 1. The topological polar surface area (TPSA) is 97.4 Å². The minimum Gasteiger partial charge on any atom is -0.459 e. The molecular weight excluding hydrogens is 452 g/mol. The maximum atomic E-state index is 12.9. The zero-order valence-corrected chi connectivity index (χ0v) is 19.1. The average Bonchev–Trinajstić information content (AvgIpc) is 3.59. The molecule has 0 N–H and O–H groups in total. The molecule has 3 aromatic heterocycles. The molecule has 9 nitrogen and oxygen atoms in total. The molecule has 0 aliphatic carbocycles. The van der Waals surface area contributed by atoms with Crippen LogP contribution in [0.25, 0.3) is 17.1 Å². The first-order valence-electron chi connectivity index (χ1n) is 10.9. The molecule has 0 radical (unpaired) electrons. The Hall–Kier alpha value is -3.92. The minimum atomic E-state index is -0.147. The van der Waals surface area contributed by atoms with E-state index in [0.29, 0.717) is 42.9 Å². The van der Waals surface area contributed by atoms with Crippen molar-refractivity contribution in [2.75, 3.05) is 31.9 Å². The number of piperazine rings is 1. The number of furan rings is 1. The Morgan fingerprint density at radius 1 is 0.882 bits per heavy atom. The van der Waals surface area contributed by atoms with Crippen LogP contribution in [0.4, 0.5) is 0 Å². The highest BCUT2D eigenvalue weighted by Gasteiger charge is 2.26. The van der Waals surface area contributed by atoms with Crippen molar-refractivity contribution in [2.45, 2.75) is 5.16 Å². The van der Waals surface area contributed by atoms with Gasteiger partial charge in [-0.05, 0) is 36.4 Å². The SMILES string of the molecule is O=C(CSc1nnc(-c2ccncc2)n1-c1ccccc1)N1CCN(C(=O)c2ccco2)CC1. The number of hydrogen-bond donors (Lipinski definition) is 0. The van der Waals surface area contributed by atoms with Gasteiger partial charge in [-0.1, -0.05) is 30.0 Å². The highest BCUT2D eigenvalue weighted by molar-refractivity contribution is 7.99. The molecule has 5 rings (SSSR count). The van der Waals surface area contributed by atoms with Gasteiger partial charge in [-0.25, -0.2) is 0 Å². The largest absolute Gasteiger partial charge is 0.459 e. The smallest absolute Gasteiger partial charge is 0.289 e. The van der Waals surface area contributed by atoms with Crippen molar-refractivity contribution in [1.82, 2.24) is 29.5 Å². The Balaban J connectivity index is 1.26. The number of rotatable bonds is 6. The summed E-state index contributed by atoms with van der Waals surface area (Å²) in [6.45, 7) is 1.92. The molecule has 1 aliphatic rings. The number of carbonyl (C=O) groups is 2. The summed E-state index contributed by atoms with van der Waals surface area (Å²) in [6.07, 6.45) is 4.91. The number of benzene rings is 1. The summed E-state index contributed by atoms with van der Waals surface area (Å²) in [5, 5.41) is 9.40. The third kappa shape index (κ3) is 4.58. The summed E-state index contributed by atoms with van der Waals surface area (Å²) >= 11 is 1.35. The maximum Gasteiger partial charge on any atom is 0.289 e. The Morgan fingerprint density at radius 2 is 1.62 bits per heavy atom. The summed E-state index contributed by atoms with van der Waals surface area (Å²) < 4.78 is 7.15. The molecule has 1 aromatic carbocycles. The van der Waals surface area contributed by atoms with Gasteiger partial charge in [-0.3, -0.25) is 19.1 Å². The fraction of sp³-hybridized carbons (Fsp3) is 0.208. The van der Waals surface area contributed by atoms with Crippen LogP contribution >= 0.6 is 11.8 Å². The molecule has 0 spiro atoms. The van der Waals surface area contributed by atoms with E-state index in [1.165, 1.54) is 18.0 Å². The third-order valence-electron chi connectivity index (χ3n) is 5.56. The Morgan fingerprint density at radius 3 is 2.32 bits per heavy atom. The predicted molar refractivity (Wildman–Crippen MR) is 127 cm³/mol. The van der Waals surface area contributed by atoms with E-state index in [-0.39, 0.29) is 17.6 Å². The second-order valence-electron chi connectivity index (χ2n) is 7.65. The van der Waals surface area contributed by atoms with Crippen LogP contribution in [-0.2, 0) is 4.79 Å². The summed E-state index contributed by atoms with van der Waals surface area (Å²) in [5.74, 6) is 1.09. The van der Waals surface area contributed by atoms with E-state index >= 15 is 0 Å². The average molecular weight is 475 g/mol. The molecule has 1 aliphatic heterocycles. The van der Waals surface area contributed by atoms with Gasteiger partial charge in [-0.2, -0.15) is 0 Å². The first kappa shape index (κ1) is 21.9.